The smallest absolute Gasteiger partial charge is 0.315 e. The van der Waals surface area contributed by atoms with E-state index in [2.05, 4.69) is 53.9 Å². The molecule has 0 saturated heterocycles. The third kappa shape index (κ3) is 5.93. The zero-order valence-corrected chi connectivity index (χ0v) is 14.9. The maximum atomic E-state index is 11.9. The van der Waals surface area contributed by atoms with Crippen LogP contribution in [0.2, 0.25) is 0 Å². The molecule has 0 aliphatic rings. The van der Waals surface area contributed by atoms with Crippen LogP contribution in [0.15, 0.2) is 24.3 Å². The van der Waals surface area contributed by atoms with Crippen molar-refractivity contribution >= 4 is 11.7 Å². The van der Waals surface area contributed by atoms with E-state index in [1.807, 2.05) is 34.9 Å². The van der Waals surface area contributed by atoms with Crippen LogP contribution in [-0.4, -0.2) is 46.3 Å². The van der Waals surface area contributed by atoms with Crippen LogP contribution in [0.25, 0.3) is 0 Å². The molecule has 1 aromatic carbocycles. The van der Waals surface area contributed by atoms with Gasteiger partial charge in [0.25, 0.3) is 0 Å². The summed E-state index contributed by atoms with van der Waals surface area (Å²) in [6.07, 6.45) is 0. The second kappa shape index (κ2) is 7.49. The summed E-state index contributed by atoms with van der Waals surface area (Å²) < 4.78 is 0. The minimum atomic E-state index is -0.224. The van der Waals surface area contributed by atoms with Gasteiger partial charge in [0.05, 0.1) is 20.6 Å². The highest BCUT2D eigenvalue weighted by atomic mass is 16.2. The lowest BCUT2D eigenvalue weighted by atomic mass is 10.1. The first-order valence-corrected chi connectivity index (χ1v) is 7.73. The lowest BCUT2D eigenvalue weighted by molar-refractivity contribution is -0.890. The Labute approximate surface area is 134 Å². The van der Waals surface area contributed by atoms with E-state index in [1.54, 1.807) is 0 Å². The normalized spacial score (nSPS) is 12.9. The number of anilines is 1. The molecule has 0 bridgehead atoms. The van der Waals surface area contributed by atoms with Gasteiger partial charge in [0, 0.05) is 30.9 Å². The molecule has 0 aromatic heterocycles. The van der Waals surface area contributed by atoms with Crippen molar-refractivity contribution < 1.29 is 9.69 Å². The molecular weight excluding hydrogens is 276 g/mol. The third-order valence-corrected chi connectivity index (χ3v) is 3.46. The van der Waals surface area contributed by atoms with Crippen molar-refractivity contribution in [1.82, 2.24) is 10.6 Å². The molecule has 1 atom stereocenters. The van der Waals surface area contributed by atoms with Crippen LogP contribution in [0.1, 0.15) is 32.4 Å². The molecule has 22 heavy (non-hydrogen) atoms. The number of quaternary nitrogens is 1. The van der Waals surface area contributed by atoms with Gasteiger partial charge < -0.3 is 20.4 Å². The molecule has 0 saturated carbocycles. The van der Waals surface area contributed by atoms with Crippen molar-refractivity contribution in [2.24, 2.45) is 0 Å². The summed E-state index contributed by atoms with van der Waals surface area (Å²) in [5.74, 6) is 0. The van der Waals surface area contributed by atoms with E-state index in [1.165, 1.54) is 16.2 Å². The highest BCUT2D eigenvalue weighted by molar-refractivity contribution is 5.74. The molecule has 0 aliphatic carbocycles. The fourth-order valence-electron chi connectivity index (χ4n) is 2.24. The lowest BCUT2D eigenvalue weighted by Gasteiger charge is -2.25. The molecule has 5 heteroatoms. The standard InChI is InChI=1S/C17H30N4O/c1-17(2,3)19-16(22)18-12-15(21(6)7)13-8-10-14(11-9-13)20(4)5/h8-11,15H,12H2,1-7H3,(H2,18,19,22)/p+1/t15-/m0/s1. The number of nitrogens with zero attached hydrogens (tertiary/aromatic N) is 1. The fraction of sp³-hybridized carbons (Fsp3) is 0.588. The fourth-order valence-corrected chi connectivity index (χ4v) is 2.24. The van der Waals surface area contributed by atoms with E-state index in [4.69, 9.17) is 0 Å². The van der Waals surface area contributed by atoms with E-state index >= 15 is 0 Å². The Morgan fingerprint density at radius 3 is 2.14 bits per heavy atom. The molecule has 0 spiro atoms. The van der Waals surface area contributed by atoms with Gasteiger partial charge in [-0.2, -0.15) is 0 Å². The Morgan fingerprint density at radius 2 is 1.73 bits per heavy atom. The first kappa shape index (κ1) is 18.3. The Hall–Kier alpha value is -1.75. The molecule has 1 rings (SSSR count). The maximum Gasteiger partial charge on any atom is 0.315 e. The van der Waals surface area contributed by atoms with Crippen molar-refractivity contribution in [3.63, 3.8) is 0 Å². The van der Waals surface area contributed by atoms with Gasteiger partial charge in [0.15, 0.2) is 0 Å². The van der Waals surface area contributed by atoms with Gasteiger partial charge in [-0.05, 0) is 32.9 Å². The molecule has 1 aromatic rings. The Balaban J connectivity index is 2.72. The first-order valence-electron chi connectivity index (χ1n) is 7.73. The molecule has 3 N–H and O–H groups in total. The van der Waals surface area contributed by atoms with Crippen LogP contribution in [0.5, 0.6) is 0 Å². The molecule has 0 unspecified atom stereocenters. The summed E-state index contributed by atoms with van der Waals surface area (Å²) in [6.45, 7) is 6.52. The van der Waals surface area contributed by atoms with Crippen LogP contribution in [0.4, 0.5) is 10.5 Å². The van der Waals surface area contributed by atoms with Gasteiger partial charge in [-0.1, -0.05) is 12.1 Å². The number of amides is 2. The molecule has 124 valence electrons. The summed E-state index contributed by atoms with van der Waals surface area (Å²) in [7, 11) is 8.27. The van der Waals surface area contributed by atoms with E-state index in [-0.39, 0.29) is 17.6 Å². The van der Waals surface area contributed by atoms with Crippen molar-refractivity contribution in [2.75, 3.05) is 39.6 Å². The van der Waals surface area contributed by atoms with Gasteiger partial charge in [-0.15, -0.1) is 0 Å². The quantitative estimate of drug-likeness (QED) is 0.761. The van der Waals surface area contributed by atoms with E-state index in [0.29, 0.717) is 6.54 Å². The van der Waals surface area contributed by atoms with Gasteiger partial charge in [0.2, 0.25) is 0 Å². The van der Waals surface area contributed by atoms with E-state index in [0.717, 1.165) is 0 Å². The topological polar surface area (TPSA) is 48.8 Å². The van der Waals surface area contributed by atoms with E-state index in [9.17, 15) is 4.79 Å². The van der Waals surface area contributed by atoms with Crippen LogP contribution < -0.4 is 20.4 Å². The largest absolute Gasteiger partial charge is 0.378 e. The predicted molar refractivity (Wildman–Crippen MR) is 92.6 cm³/mol. The summed E-state index contributed by atoms with van der Waals surface area (Å²) >= 11 is 0. The zero-order chi connectivity index (χ0) is 16.9. The van der Waals surface area contributed by atoms with Gasteiger partial charge >= 0.3 is 6.03 Å². The van der Waals surface area contributed by atoms with Crippen molar-refractivity contribution in [3.05, 3.63) is 29.8 Å². The number of carbonyl (C=O) groups excluding carboxylic acids is 1. The molecule has 5 nitrogen and oxygen atoms in total. The van der Waals surface area contributed by atoms with Crippen LogP contribution in [0, 0.1) is 0 Å². The number of hydrogen-bond acceptors (Lipinski definition) is 2. The number of hydrogen-bond donors (Lipinski definition) is 3. The molecule has 0 heterocycles. The van der Waals surface area contributed by atoms with Gasteiger partial charge in [0.1, 0.15) is 6.04 Å². The monoisotopic (exact) mass is 307 g/mol. The van der Waals surface area contributed by atoms with E-state index < -0.39 is 0 Å². The predicted octanol–water partition coefficient (Wildman–Crippen LogP) is 1.04. The Bertz CT molecular complexity index is 474. The Morgan fingerprint density at radius 1 is 1.18 bits per heavy atom. The number of urea groups is 1. The minimum Gasteiger partial charge on any atom is -0.378 e. The zero-order valence-electron chi connectivity index (χ0n) is 14.9. The number of benzene rings is 1. The van der Waals surface area contributed by atoms with Crippen molar-refractivity contribution in [3.8, 4) is 0 Å². The van der Waals surface area contributed by atoms with Gasteiger partial charge in [-0.3, -0.25) is 0 Å². The Kier molecular flexibility index (Phi) is 6.23. The highest BCUT2D eigenvalue weighted by Crippen LogP contribution is 2.16. The maximum absolute atomic E-state index is 11.9. The number of likely N-dealkylation sites (N-methyl/N-ethyl adjacent to an activating group) is 1. The number of carbonyl (C=O) groups is 1. The lowest BCUT2D eigenvalue weighted by Crippen LogP contribution is -3.07. The van der Waals surface area contributed by atoms with Crippen molar-refractivity contribution in [2.45, 2.75) is 32.4 Å². The molecule has 0 fully saturated rings. The molecule has 0 aliphatic heterocycles. The minimum absolute atomic E-state index is 0.122. The molecule has 0 radical (unpaired) electrons. The molecular formula is C17H31N4O+. The second-order valence-electron chi connectivity index (χ2n) is 7.20. The first-order chi connectivity index (χ1) is 10.1. The summed E-state index contributed by atoms with van der Waals surface area (Å²) in [6, 6.07) is 8.60. The average Bonchev–Trinajstić information content (AvgIpc) is 2.37. The number of rotatable bonds is 5. The summed E-state index contributed by atoms with van der Waals surface area (Å²) in [5.41, 5.74) is 2.18. The van der Waals surface area contributed by atoms with Crippen molar-refractivity contribution in [1.29, 1.82) is 0 Å². The SMILES string of the molecule is CN(C)c1ccc([C@H](CNC(=O)NC(C)(C)C)[NH+](C)C)cc1. The third-order valence-electron chi connectivity index (χ3n) is 3.46. The summed E-state index contributed by atoms with van der Waals surface area (Å²) in [4.78, 5) is 15.3. The number of nitrogens with one attached hydrogen (secondary N) is 3. The van der Waals surface area contributed by atoms with Crippen LogP contribution >= 0.6 is 0 Å². The van der Waals surface area contributed by atoms with Gasteiger partial charge in [-0.25, -0.2) is 4.79 Å². The highest BCUT2D eigenvalue weighted by Gasteiger charge is 2.20. The average molecular weight is 307 g/mol. The van der Waals surface area contributed by atoms with Crippen LogP contribution in [-0.2, 0) is 0 Å². The summed E-state index contributed by atoms with van der Waals surface area (Å²) in [5, 5.41) is 5.90. The second-order valence-corrected chi connectivity index (χ2v) is 7.20. The van der Waals surface area contributed by atoms with Crippen LogP contribution in [0.3, 0.4) is 0 Å². The molecule has 2 amide bonds.